The fourth-order valence-corrected chi connectivity index (χ4v) is 3.88. The molecule has 0 radical (unpaired) electrons. The van der Waals surface area contributed by atoms with Crippen molar-refractivity contribution in [3.05, 3.63) is 75.7 Å². The molecule has 0 aliphatic rings. The maximum atomic E-state index is 12.7. The largest absolute Gasteiger partial charge is 0.356 e. The average Bonchev–Trinajstić information content (AvgIpc) is 3.07. The second-order valence-corrected chi connectivity index (χ2v) is 7.77. The van der Waals surface area contributed by atoms with Crippen LogP contribution < -0.4 is 10.9 Å². The van der Waals surface area contributed by atoms with Gasteiger partial charge in [-0.05, 0) is 36.6 Å². The summed E-state index contributed by atoms with van der Waals surface area (Å²) in [4.78, 5) is 25.0. The maximum absolute atomic E-state index is 12.7. The number of para-hydroxylation sites is 1. The van der Waals surface area contributed by atoms with Crippen LogP contribution >= 0.6 is 11.6 Å². The summed E-state index contributed by atoms with van der Waals surface area (Å²) >= 11 is 5.89. The lowest BCUT2D eigenvalue weighted by molar-refractivity contribution is -0.121. The minimum Gasteiger partial charge on any atom is -0.356 e. The first kappa shape index (κ1) is 20.2. The Bertz CT molecular complexity index is 1260. The van der Waals surface area contributed by atoms with E-state index in [0.717, 1.165) is 28.3 Å². The highest BCUT2D eigenvalue weighted by atomic mass is 35.5. The van der Waals surface area contributed by atoms with Gasteiger partial charge >= 0.3 is 0 Å². The van der Waals surface area contributed by atoms with Crippen LogP contribution in [0.15, 0.2) is 59.5 Å². The molecule has 0 fully saturated rings. The first-order valence-electron chi connectivity index (χ1n) is 9.99. The van der Waals surface area contributed by atoms with Gasteiger partial charge in [-0.2, -0.15) is 5.10 Å². The van der Waals surface area contributed by atoms with Gasteiger partial charge in [-0.1, -0.05) is 41.9 Å². The molecule has 0 bridgehead atoms. The minimum absolute atomic E-state index is 0.0132. The molecule has 7 heteroatoms. The van der Waals surface area contributed by atoms with Crippen LogP contribution in [0.4, 0.5) is 0 Å². The van der Waals surface area contributed by atoms with Crippen molar-refractivity contribution in [2.24, 2.45) is 7.05 Å². The highest BCUT2D eigenvalue weighted by molar-refractivity contribution is 6.30. The van der Waals surface area contributed by atoms with Gasteiger partial charge in [0.2, 0.25) is 5.91 Å². The molecular weight excluding hydrogens is 400 g/mol. The molecule has 30 heavy (non-hydrogen) atoms. The van der Waals surface area contributed by atoms with E-state index in [2.05, 4.69) is 10.4 Å². The average molecular weight is 423 g/mol. The summed E-state index contributed by atoms with van der Waals surface area (Å²) in [5, 5.41) is 9.69. The zero-order valence-corrected chi connectivity index (χ0v) is 17.5. The quantitative estimate of drug-likeness (QED) is 0.494. The number of benzene rings is 2. The predicted molar refractivity (Wildman–Crippen MR) is 120 cm³/mol. The third-order valence-electron chi connectivity index (χ3n) is 5.30. The number of aromatic nitrogens is 3. The van der Waals surface area contributed by atoms with Gasteiger partial charge in [-0.3, -0.25) is 9.59 Å². The molecule has 2 aromatic carbocycles. The Kier molecular flexibility index (Phi) is 5.86. The number of rotatable bonds is 7. The van der Waals surface area contributed by atoms with E-state index in [-0.39, 0.29) is 11.5 Å². The van der Waals surface area contributed by atoms with Gasteiger partial charge in [-0.25, -0.2) is 4.68 Å². The van der Waals surface area contributed by atoms with E-state index in [4.69, 9.17) is 11.6 Å². The van der Waals surface area contributed by atoms with Gasteiger partial charge in [0.1, 0.15) is 5.52 Å². The summed E-state index contributed by atoms with van der Waals surface area (Å²) in [7, 11) is 1.65. The van der Waals surface area contributed by atoms with Crippen molar-refractivity contribution in [2.45, 2.75) is 25.8 Å². The van der Waals surface area contributed by atoms with Gasteiger partial charge in [0.25, 0.3) is 5.56 Å². The first-order chi connectivity index (χ1) is 14.5. The third kappa shape index (κ3) is 4.09. The summed E-state index contributed by atoms with van der Waals surface area (Å²) in [5.74, 6) is 0.0132. The number of fused-ring (bicyclic) bond motifs is 3. The minimum atomic E-state index is -0.129. The van der Waals surface area contributed by atoms with Crippen LogP contribution in [0.3, 0.4) is 0 Å². The molecule has 0 saturated carbocycles. The highest BCUT2D eigenvalue weighted by Crippen LogP contribution is 2.26. The zero-order chi connectivity index (χ0) is 21.1. The van der Waals surface area contributed by atoms with Gasteiger partial charge in [0.05, 0.1) is 6.20 Å². The molecule has 0 atom stereocenters. The molecule has 0 aliphatic carbocycles. The second-order valence-electron chi connectivity index (χ2n) is 7.33. The third-order valence-corrected chi connectivity index (χ3v) is 5.55. The van der Waals surface area contributed by atoms with Crippen LogP contribution in [-0.4, -0.2) is 26.8 Å². The number of nitrogens with one attached hydrogen (secondary N) is 1. The molecule has 2 aromatic heterocycles. The van der Waals surface area contributed by atoms with Crippen LogP contribution in [0, 0.1) is 0 Å². The van der Waals surface area contributed by atoms with Crippen LogP contribution in [0.5, 0.6) is 0 Å². The molecule has 1 amide bonds. The van der Waals surface area contributed by atoms with Crippen molar-refractivity contribution in [3.63, 3.8) is 0 Å². The molecule has 4 rings (SSSR count). The van der Waals surface area contributed by atoms with Crippen molar-refractivity contribution in [3.8, 4) is 0 Å². The Labute approximate surface area is 179 Å². The molecule has 0 saturated heterocycles. The summed E-state index contributed by atoms with van der Waals surface area (Å²) in [6.45, 7) is 1.18. The zero-order valence-electron chi connectivity index (χ0n) is 16.8. The smallest absolute Gasteiger partial charge is 0.291 e. The molecule has 0 spiro atoms. The number of amides is 1. The number of hydrogen-bond donors (Lipinski definition) is 1. The van der Waals surface area contributed by atoms with E-state index >= 15 is 0 Å². The van der Waals surface area contributed by atoms with E-state index in [1.54, 1.807) is 13.2 Å². The number of aryl methyl sites for hydroxylation is 2. The van der Waals surface area contributed by atoms with Crippen LogP contribution in [0.2, 0.25) is 5.02 Å². The van der Waals surface area contributed by atoms with Crippen LogP contribution in [0.1, 0.15) is 18.4 Å². The Morgan fingerprint density at radius 3 is 2.67 bits per heavy atom. The van der Waals surface area contributed by atoms with Crippen LogP contribution in [0.25, 0.3) is 21.8 Å². The Balaban J connectivity index is 1.41. The predicted octanol–water partition coefficient (Wildman–Crippen LogP) is 3.68. The van der Waals surface area contributed by atoms with Gasteiger partial charge in [0.15, 0.2) is 0 Å². The van der Waals surface area contributed by atoms with Crippen molar-refractivity contribution in [1.82, 2.24) is 19.7 Å². The van der Waals surface area contributed by atoms with Crippen LogP contribution in [-0.2, 0) is 24.8 Å². The van der Waals surface area contributed by atoms with Crippen molar-refractivity contribution in [1.29, 1.82) is 0 Å². The number of carbonyl (C=O) groups is 1. The topological polar surface area (TPSA) is 68.9 Å². The SMILES string of the molecule is Cn1ncc2c3ccccc3n(CCCC(=O)NCCc3ccc(Cl)cc3)c2c1=O. The number of carbonyl (C=O) groups excluding carboxylic acids is 1. The second kappa shape index (κ2) is 8.71. The Hall–Kier alpha value is -3.12. The molecule has 6 nitrogen and oxygen atoms in total. The lowest BCUT2D eigenvalue weighted by Crippen LogP contribution is -2.26. The van der Waals surface area contributed by atoms with Crippen molar-refractivity contribution >= 4 is 39.3 Å². The van der Waals surface area contributed by atoms with E-state index in [0.29, 0.717) is 36.5 Å². The number of hydrogen-bond acceptors (Lipinski definition) is 3. The molecule has 4 aromatic rings. The van der Waals surface area contributed by atoms with E-state index < -0.39 is 0 Å². The molecule has 0 aliphatic heterocycles. The molecule has 154 valence electrons. The van der Waals surface area contributed by atoms with E-state index in [9.17, 15) is 9.59 Å². The van der Waals surface area contributed by atoms with E-state index in [1.165, 1.54) is 4.68 Å². The maximum Gasteiger partial charge on any atom is 0.291 e. The number of nitrogens with zero attached hydrogens (tertiary/aromatic N) is 3. The van der Waals surface area contributed by atoms with Gasteiger partial charge in [-0.15, -0.1) is 0 Å². The summed E-state index contributed by atoms with van der Waals surface area (Å²) in [6, 6.07) is 15.5. The molecule has 2 heterocycles. The summed E-state index contributed by atoms with van der Waals surface area (Å²) < 4.78 is 3.36. The van der Waals surface area contributed by atoms with Gasteiger partial charge in [0, 0.05) is 47.9 Å². The standard InChI is InChI=1S/C23H23ClN4O2/c1-27-23(30)22-19(15-26-27)18-5-2-3-6-20(18)28(22)14-4-7-21(29)25-13-12-16-8-10-17(24)11-9-16/h2-3,5-6,8-11,15H,4,7,12-14H2,1H3,(H,25,29). The van der Waals surface area contributed by atoms with Gasteiger partial charge < -0.3 is 9.88 Å². The normalized spacial score (nSPS) is 11.3. The summed E-state index contributed by atoms with van der Waals surface area (Å²) in [6.07, 6.45) is 3.55. The highest BCUT2D eigenvalue weighted by Gasteiger charge is 2.15. The summed E-state index contributed by atoms with van der Waals surface area (Å²) in [5.41, 5.74) is 2.63. The molecule has 1 N–H and O–H groups in total. The van der Waals surface area contributed by atoms with E-state index in [1.807, 2.05) is 53.1 Å². The van der Waals surface area contributed by atoms with Crippen molar-refractivity contribution < 1.29 is 4.79 Å². The molecule has 0 unspecified atom stereocenters. The number of halogens is 1. The molecular formula is C23H23ClN4O2. The fourth-order valence-electron chi connectivity index (χ4n) is 3.76. The lowest BCUT2D eigenvalue weighted by Gasteiger charge is -2.08. The fraction of sp³-hybridized carbons (Fsp3) is 0.261. The Morgan fingerprint density at radius 1 is 1.10 bits per heavy atom. The first-order valence-corrected chi connectivity index (χ1v) is 10.4. The Morgan fingerprint density at radius 2 is 1.87 bits per heavy atom. The van der Waals surface area contributed by atoms with Crippen molar-refractivity contribution in [2.75, 3.05) is 6.54 Å². The monoisotopic (exact) mass is 422 g/mol. The lowest BCUT2D eigenvalue weighted by atomic mass is 10.1.